The second-order valence-electron chi connectivity index (χ2n) is 6.99. The Hall–Kier alpha value is -3.68. The fourth-order valence-electron chi connectivity index (χ4n) is 3.54. The second-order valence-corrected chi connectivity index (χ2v) is 6.99. The minimum absolute atomic E-state index is 0.00701. The van der Waals surface area contributed by atoms with Crippen molar-refractivity contribution in [2.45, 2.75) is 6.92 Å². The molecule has 2 heterocycles. The molecule has 1 amide bonds. The normalized spacial score (nSPS) is 14.1. The van der Waals surface area contributed by atoms with Crippen LogP contribution in [0.4, 0.5) is 11.4 Å². The molecule has 148 valence electrons. The molecule has 1 aliphatic heterocycles. The zero-order valence-electron chi connectivity index (χ0n) is 16.1. The van der Waals surface area contributed by atoms with E-state index >= 15 is 0 Å². The summed E-state index contributed by atoms with van der Waals surface area (Å²) in [6.07, 6.45) is 1.75. The number of benzene rings is 2. The number of hydrogen-bond donors (Lipinski definition) is 0. The van der Waals surface area contributed by atoms with Gasteiger partial charge in [-0.15, -0.1) is 0 Å². The van der Waals surface area contributed by atoms with Crippen molar-refractivity contribution >= 4 is 17.3 Å². The lowest BCUT2D eigenvalue weighted by molar-refractivity contribution is -0.384. The number of carbonyl (C=O) groups is 1. The van der Waals surface area contributed by atoms with E-state index in [-0.39, 0.29) is 11.6 Å². The molecule has 0 N–H and O–H groups in total. The van der Waals surface area contributed by atoms with Crippen LogP contribution in [-0.4, -0.2) is 51.7 Å². The van der Waals surface area contributed by atoms with E-state index in [1.54, 1.807) is 18.3 Å². The zero-order chi connectivity index (χ0) is 20.4. The van der Waals surface area contributed by atoms with Gasteiger partial charge in [0.05, 0.1) is 10.6 Å². The number of carbonyl (C=O) groups excluding carboxylic acids is 1. The first kappa shape index (κ1) is 18.7. The number of aryl methyl sites for hydroxylation is 1. The molecular formula is C21H21N5O3. The highest BCUT2D eigenvalue weighted by Crippen LogP contribution is 2.23. The van der Waals surface area contributed by atoms with Gasteiger partial charge < -0.3 is 9.80 Å². The number of nitro benzene ring substituents is 1. The lowest BCUT2D eigenvalue weighted by atomic mass is 10.1. The summed E-state index contributed by atoms with van der Waals surface area (Å²) < 4.78 is 1.83. The molecule has 8 nitrogen and oxygen atoms in total. The number of hydrogen-bond acceptors (Lipinski definition) is 5. The van der Waals surface area contributed by atoms with Gasteiger partial charge >= 0.3 is 0 Å². The van der Waals surface area contributed by atoms with Crippen LogP contribution in [0, 0.1) is 17.0 Å². The SMILES string of the molecule is Cc1ccnn1-c1ccc(C(=O)N2CCN(c3cccc([N+](=O)[O-])c3)CC2)cc1. The molecule has 29 heavy (non-hydrogen) atoms. The first-order valence-corrected chi connectivity index (χ1v) is 9.43. The first-order chi connectivity index (χ1) is 14.0. The van der Waals surface area contributed by atoms with Crippen LogP contribution in [0.1, 0.15) is 16.1 Å². The Morgan fingerprint density at radius 3 is 2.34 bits per heavy atom. The number of nitro groups is 1. The molecule has 0 saturated carbocycles. The molecule has 8 heteroatoms. The van der Waals surface area contributed by atoms with Crippen LogP contribution in [-0.2, 0) is 0 Å². The van der Waals surface area contributed by atoms with Crippen LogP contribution >= 0.6 is 0 Å². The fourth-order valence-corrected chi connectivity index (χ4v) is 3.54. The van der Waals surface area contributed by atoms with E-state index in [4.69, 9.17) is 0 Å². The highest BCUT2D eigenvalue weighted by molar-refractivity contribution is 5.94. The summed E-state index contributed by atoms with van der Waals surface area (Å²) in [5.74, 6) is -0.00701. The van der Waals surface area contributed by atoms with Gasteiger partial charge in [0.2, 0.25) is 0 Å². The van der Waals surface area contributed by atoms with E-state index < -0.39 is 4.92 Å². The third-order valence-corrected chi connectivity index (χ3v) is 5.16. The quantitative estimate of drug-likeness (QED) is 0.504. The molecule has 0 bridgehead atoms. The zero-order valence-corrected chi connectivity index (χ0v) is 16.1. The number of amides is 1. The Labute approximate surface area is 168 Å². The van der Waals surface area contributed by atoms with Gasteiger partial charge in [-0.25, -0.2) is 4.68 Å². The van der Waals surface area contributed by atoms with Crippen molar-refractivity contribution in [1.29, 1.82) is 0 Å². The first-order valence-electron chi connectivity index (χ1n) is 9.43. The van der Waals surface area contributed by atoms with Gasteiger partial charge in [0.1, 0.15) is 0 Å². The van der Waals surface area contributed by atoms with Crippen LogP contribution in [0.2, 0.25) is 0 Å². The smallest absolute Gasteiger partial charge is 0.271 e. The topological polar surface area (TPSA) is 84.5 Å². The highest BCUT2D eigenvalue weighted by Gasteiger charge is 2.23. The fraction of sp³-hybridized carbons (Fsp3) is 0.238. The molecule has 1 fully saturated rings. The summed E-state index contributed by atoms with van der Waals surface area (Å²) in [6, 6.07) is 16.0. The number of aromatic nitrogens is 2. The third kappa shape index (κ3) is 3.82. The predicted molar refractivity (Wildman–Crippen MR) is 110 cm³/mol. The average Bonchev–Trinajstić information content (AvgIpc) is 3.19. The van der Waals surface area contributed by atoms with E-state index in [1.807, 2.05) is 52.9 Å². The van der Waals surface area contributed by atoms with E-state index in [1.165, 1.54) is 6.07 Å². The van der Waals surface area contributed by atoms with Gasteiger partial charge in [-0.05, 0) is 43.3 Å². The van der Waals surface area contributed by atoms with Gasteiger partial charge in [0.25, 0.3) is 11.6 Å². The van der Waals surface area contributed by atoms with Crippen molar-refractivity contribution in [2.24, 2.45) is 0 Å². The van der Waals surface area contributed by atoms with Crippen LogP contribution in [0.25, 0.3) is 5.69 Å². The minimum atomic E-state index is -0.391. The summed E-state index contributed by atoms with van der Waals surface area (Å²) in [4.78, 5) is 27.3. The molecule has 0 radical (unpaired) electrons. The van der Waals surface area contributed by atoms with Crippen molar-refractivity contribution < 1.29 is 9.72 Å². The maximum Gasteiger partial charge on any atom is 0.271 e. The molecule has 0 spiro atoms. The maximum atomic E-state index is 12.8. The lowest BCUT2D eigenvalue weighted by Crippen LogP contribution is -2.48. The molecule has 1 aliphatic rings. The minimum Gasteiger partial charge on any atom is -0.368 e. The van der Waals surface area contributed by atoms with Crippen molar-refractivity contribution in [2.75, 3.05) is 31.1 Å². The summed E-state index contributed by atoms with van der Waals surface area (Å²) in [7, 11) is 0. The number of piperazine rings is 1. The van der Waals surface area contributed by atoms with Crippen LogP contribution in [0.3, 0.4) is 0 Å². The summed E-state index contributed by atoms with van der Waals surface area (Å²) in [6.45, 7) is 4.39. The lowest BCUT2D eigenvalue weighted by Gasteiger charge is -2.36. The van der Waals surface area contributed by atoms with Gasteiger partial charge in [-0.3, -0.25) is 14.9 Å². The Bertz CT molecular complexity index is 1040. The Morgan fingerprint density at radius 1 is 1.00 bits per heavy atom. The molecular weight excluding hydrogens is 370 g/mol. The molecule has 0 unspecified atom stereocenters. The Balaban J connectivity index is 1.41. The maximum absolute atomic E-state index is 12.8. The predicted octanol–water partition coefficient (Wildman–Crippen LogP) is 3.05. The van der Waals surface area contributed by atoms with Crippen molar-refractivity contribution in [1.82, 2.24) is 14.7 Å². The summed E-state index contributed by atoms with van der Waals surface area (Å²) in [5, 5.41) is 15.3. The van der Waals surface area contributed by atoms with E-state index in [2.05, 4.69) is 10.00 Å². The second kappa shape index (κ2) is 7.75. The monoisotopic (exact) mass is 391 g/mol. The van der Waals surface area contributed by atoms with Crippen molar-refractivity contribution in [3.05, 3.63) is 82.2 Å². The number of nitrogens with zero attached hydrogens (tertiary/aromatic N) is 5. The largest absolute Gasteiger partial charge is 0.368 e. The van der Waals surface area contributed by atoms with Crippen molar-refractivity contribution in [3.8, 4) is 5.69 Å². The third-order valence-electron chi connectivity index (χ3n) is 5.16. The van der Waals surface area contributed by atoms with E-state index in [9.17, 15) is 14.9 Å². The van der Waals surface area contributed by atoms with Gasteiger partial charge in [-0.2, -0.15) is 5.10 Å². The summed E-state index contributed by atoms with van der Waals surface area (Å²) in [5.41, 5.74) is 3.47. The number of rotatable bonds is 4. The molecule has 2 aromatic carbocycles. The molecule has 1 saturated heterocycles. The molecule has 1 aromatic heterocycles. The van der Waals surface area contributed by atoms with Gasteiger partial charge in [0.15, 0.2) is 0 Å². The number of anilines is 1. The molecule has 3 aromatic rings. The molecule has 0 atom stereocenters. The molecule has 4 rings (SSSR count). The van der Waals surface area contributed by atoms with E-state index in [0.29, 0.717) is 31.7 Å². The van der Waals surface area contributed by atoms with Crippen LogP contribution in [0.5, 0.6) is 0 Å². The standard InChI is InChI=1S/C21H21N5O3/c1-16-9-10-22-25(16)18-7-5-17(6-8-18)21(27)24-13-11-23(12-14-24)19-3-2-4-20(15-19)26(28)29/h2-10,15H,11-14H2,1H3. The summed E-state index contributed by atoms with van der Waals surface area (Å²) >= 11 is 0. The Morgan fingerprint density at radius 2 is 1.72 bits per heavy atom. The van der Waals surface area contributed by atoms with Gasteiger partial charge in [-0.1, -0.05) is 6.07 Å². The van der Waals surface area contributed by atoms with E-state index in [0.717, 1.165) is 17.1 Å². The Kier molecular flexibility index (Phi) is 4.99. The highest BCUT2D eigenvalue weighted by atomic mass is 16.6. The number of non-ortho nitro benzene ring substituents is 1. The van der Waals surface area contributed by atoms with Gasteiger partial charge in [0, 0.05) is 61.5 Å². The average molecular weight is 391 g/mol. The van der Waals surface area contributed by atoms with Crippen LogP contribution in [0.15, 0.2) is 60.8 Å². The van der Waals surface area contributed by atoms with Crippen LogP contribution < -0.4 is 4.90 Å². The molecule has 0 aliphatic carbocycles. The van der Waals surface area contributed by atoms with Crippen molar-refractivity contribution in [3.63, 3.8) is 0 Å².